The molecule has 1 saturated carbocycles. The van der Waals surface area contributed by atoms with Crippen molar-refractivity contribution in [2.45, 2.75) is 50.7 Å². The van der Waals surface area contributed by atoms with E-state index in [1.54, 1.807) is 73.9 Å². The number of rotatable bonds is 3. The minimum atomic E-state index is -1.92. The lowest BCUT2D eigenvalue weighted by atomic mass is 9.64. The van der Waals surface area contributed by atoms with E-state index in [9.17, 15) is 19.5 Å². The summed E-state index contributed by atoms with van der Waals surface area (Å²) < 4.78 is 7.34. The highest BCUT2D eigenvalue weighted by atomic mass is 35.5. The molecule has 0 radical (unpaired) electrons. The third kappa shape index (κ3) is 4.74. The molecule has 2 aliphatic rings. The lowest BCUT2D eigenvalue weighted by molar-refractivity contribution is -0.139. The van der Waals surface area contributed by atoms with Gasteiger partial charge in [-0.05, 0) is 80.8 Å². The number of hydrogen-bond donors (Lipinski definition) is 1. The van der Waals surface area contributed by atoms with E-state index in [-0.39, 0.29) is 29.9 Å². The molecular formula is C33H31Cl2NO6. The van der Waals surface area contributed by atoms with Gasteiger partial charge in [-0.3, -0.25) is 9.59 Å². The molecule has 1 heterocycles. The van der Waals surface area contributed by atoms with Gasteiger partial charge in [-0.25, -0.2) is 9.36 Å². The number of aliphatic hydroxyl groups is 1. The number of carbonyl (C=O) groups is 3. The fourth-order valence-corrected chi connectivity index (χ4v) is 6.99. The summed E-state index contributed by atoms with van der Waals surface area (Å²) in [5.41, 5.74) is 0.210. The van der Waals surface area contributed by atoms with E-state index in [2.05, 4.69) is 0 Å². The highest BCUT2D eigenvalue weighted by molar-refractivity contribution is 6.31. The molecule has 0 bridgehead atoms. The number of fused-ring (bicyclic) bond motifs is 5. The molecule has 7 nitrogen and oxygen atoms in total. The summed E-state index contributed by atoms with van der Waals surface area (Å²) in [6.07, 6.45) is -0.401. The normalized spacial score (nSPS) is 23.2. The number of Topliss-reactive ketones (excluding diaryl/α,β-unsaturated/α-hetero) is 2. The molecule has 0 spiro atoms. The first-order valence-corrected chi connectivity index (χ1v) is 14.3. The number of ketones is 2. The molecule has 9 heteroatoms. The first-order chi connectivity index (χ1) is 19.4. The van der Waals surface area contributed by atoms with Gasteiger partial charge in [0, 0.05) is 50.9 Å². The monoisotopic (exact) mass is 607 g/mol. The van der Waals surface area contributed by atoms with Crippen LogP contribution in [0.1, 0.15) is 60.3 Å². The number of benzene rings is 3. The molecule has 4 atom stereocenters. The van der Waals surface area contributed by atoms with E-state index >= 15 is 0 Å². The van der Waals surface area contributed by atoms with Crippen molar-refractivity contribution in [2.75, 3.05) is 0 Å². The summed E-state index contributed by atoms with van der Waals surface area (Å²) >= 11 is 12.2. The number of carbonyl (C=O) groups excluding carboxylic acids is 3. The summed E-state index contributed by atoms with van der Waals surface area (Å²) in [5, 5.41) is 14.1. The van der Waals surface area contributed by atoms with Crippen LogP contribution in [-0.4, -0.2) is 38.4 Å². The van der Waals surface area contributed by atoms with Crippen molar-refractivity contribution < 1.29 is 29.7 Å². The Labute approximate surface area is 253 Å². The Bertz CT molecular complexity index is 1700. The van der Waals surface area contributed by atoms with Gasteiger partial charge in [-0.1, -0.05) is 53.5 Å². The van der Waals surface area contributed by atoms with Crippen LogP contribution in [0.15, 0.2) is 72.8 Å². The van der Waals surface area contributed by atoms with Crippen LogP contribution in [0.3, 0.4) is 0 Å². The van der Waals surface area contributed by atoms with E-state index < -0.39 is 35.0 Å². The average molecular weight is 609 g/mol. The van der Waals surface area contributed by atoms with Crippen LogP contribution in [0, 0.1) is 11.8 Å². The van der Waals surface area contributed by atoms with Crippen molar-refractivity contribution >= 4 is 51.8 Å². The molecule has 0 amide bonds. The Morgan fingerprint density at radius 2 is 1.52 bits per heavy atom. The minimum Gasteiger partial charge on any atom is -0.443 e. The van der Waals surface area contributed by atoms with Gasteiger partial charge in [0.1, 0.15) is 5.60 Å². The van der Waals surface area contributed by atoms with Crippen LogP contribution in [0.25, 0.3) is 10.9 Å². The second-order valence-electron chi connectivity index (χ2n) is 11.9. The van der Waals surface area contributed by atoms with Crippen molar-refractivity contribution in [3.63, 3.8) is 0 Å². The fraction of sp³-hybridized carbons (Fsp3) is 0.303. The van der Waals surface area contributed by atoms with Crippen molar-refractivity contribution in [1.29, 1.82) is 0 Å². The summed E-state index contributed by atoms with van der Waals surface area (Å²) in [6.45, 7) is 5.40. The van der Waals surface area contributed by atoms with Crippen molar-refractivity contribution in [3.8, 4) is 0 Å². The second-order valence-corrected chi connectivity index (χ2v) is 12.8. The largest absolute Gasteiger partial charge is 0.443 e. The van der Waals surface area contributed by atoms with E-state index in [0.717, 1.165) is 10.9 Å². The molecule has 3 aromatic carbocycles. The lowest BCUT2D eigenvalue weighted by Crippen LogP contribution is -2.46. The number of hydrogen-bond acceptors (Lipinski definition) is 5. The van der Waals surface area contributed by atoms with Crippen LogP contribution in [0.5, 0.6) is 0 Å². The van der Waals surface area contributed by atoms with Gasteiger partial charge in [-0.2, -0.15) is 0 Å². The maximum Gasteiger partial charge on any atom is 0.419 e. The number of para-hydroxylation sites is 1. The third-order valence-electron chi connectivity index (χ3n) is 8.31. The van der Waals surface area contributed by atoms with Gasteiger partial charge in [-0.15, -0.1) is 0 Å². The maximum absolute atomic E-state index is 14.3. The van der Waals surface area contributed by atoms with Gasteiger partial charge in [0.05, 0.1) is 5.52 Å². The number of nitrogens with zero attached hydrogens (tertiary/aromatic N) is 1. The van der Waals surface area contributed by atoms with Gasteiger partial charge >= 0.3 is 6.09 Å². The molecular weight excluding hydrogens is 577 g/mol. The maximum atomic E-state index is 14.3. The molecule has 0 saturated heterocycles. The highest BCUT2D eigenvalue weighted by Crippen LogP contribution is 2.58. The molecule has 1 fully saturated rings. The van der Waals surface area contributed by atoms with E-state index in [1.807, 2.05) is 24.3 Å². The number of ether oxygens (including phenoxy) is 1. The molecule has 2 aliphatic carbocycles. The summed E-state index contributed by atoms with van der Waals surface area (Å²) in [6, 6.07) is 20.6. The Hall–Kier alpha value is -3.49. The zero-order chi connectivity index (χ0) is 29.3. The zero-order valence-electron chi connectivity index (χ0n) is 23.4. The molecule has 0 aliphatic heterocycles. The molecule has 3 N–H and O–H groups in total. The van der Waals surface area contributed by atoms with E-state index in [1.165, 1.54) is 0 Å². The van der Waals surface area contributed by atoms with E-state index in [4.69, 9.17) is 27.9 Å². The first-order valence-electron chi connectivity index (χ1n) is 13.6. The zero-order valence-corrected chi connectivity index (χ0v) is 24.9. The Kier molecular flexibility index (Phi) is 7.60. The molecule has 6 rings (SSSR count). The quantitative estimate of drug-likeness (QED) is 0.266. The van der Waals surface area contributed by atoms with E-state index in [0.29, 0.717) is 32.4 Å². The topological polar surface area (TPSA) is 117 Å². The summed E-state index contributed by atoms with van der Waals surface area (Å²) in [7, 11) is 0. The average Bonchev–Trinajstić information content (AvgIpc) is 3.39. The summed E-state index contributed by atoms with van der Waals surface area (Å²) in [4.78, 5) is 41.8. The number of halogens is 2. The molecule has 1 aromatic heterocycles. The van der Waals surface area contributed by atoms with Crippen LogP contribution >= 0.6 is 23.2 Å². The second kappa shape index (κ2) is 10.7. The van der Waals surface area contributed by atoms with Crippen LogP contribution in [0.2, 0.25) is 10.0 Å². The van der Waals surface area contributed by atoms with Crippen molar-refractivity contribution in [3.05, 3.63) is 105 Å². The predicted molar refractivity (Wildman–Crippen MR) is 161 cm³/mol. The summed E-state index contributed by atoms with van der Waals surface area (Å²) in [5.74, 6) is -2.70. The van der Waals surface area contributed by atoms with Crippen LogP contribution < -0.4 is 0 Å². The minimum absolute atomic E-state index is 0. The predicted octanol–water partition coefficient (Wildman–Crippen LogP) is 6.52. The first kappa shape index (κ1) is 30.0. The highest BCUT2D eigenvalue weighted by Gasteiger charge is 2.62. The molecule has 0 unspecified atom stereocenters. The Morgan fingerprint density at radius 3 is 2.14 bits per heavy atom. The Balaban J connectivity index is 0.00000353. The van der Waals surface area contributed by atoms with Gasteiger partial charge < -0.3 is 15.3 Å². The standard InChI is InChI=1S/C33H29Cl2NO5.H2O/c1-32(2,3)41-31(39)36-25-7-5-4-6-22(25)28-23-17-27(37)33(40,19-10-14-21(35)15-11-19)29(23)24(16-26(28)36)30(38)18-8-12-20(34)13-9-18;/h4-15,23-24,29,40H,16-17H2,1-3H3;1H2/t23-,24+,29+,33+;/m1./s1. The van der Waals surface area contributed by atoms with Crippen molar-refractivity contribution in [1.82, 2.24) is 4.57 Å². The Morgan fingerprint density at radius 1 is 0.929 bits per heavy atom. The van der Waals surface area contributed by atoms with Gasteiger partial charge in [0.15, 0.2) is 17.2 Å². The molecule has 42 heavy (non-hydrogen) atoms. The SMILES string of the molecule is CC(C)(C)OC(=O)n1c2c(c3ccccc31)[C@H]1CC(=O)[C@@](O)(c3ccc(Cl)cc3)[C@@H]1[C@@H](C(=O)c1ccc(Cl)cc1)C2.O. The third-order valence-corrected chi connectivity index (χ3v) is 8.81. The molecule has 4 aromatic rings. The molecule has 218 valence electrons. The van der Waals surface area contributed by atoms with Crippen LogP contribution in [0.4, 0.5) is 4.79 Å². The van der Waals surface area contributed by atoms with Crippen LogP contribution in [-0.2, 0) is 21.6 Å². The van der Waals surface area contributed by atoms with Gasteiger partial charge in [0.2, 0.25) is 0 Å². The van der Waals surface area contributed by atoms with Crippen molar-refractivity contribution in [2.24, 2.45) is 11.8 Å². The van der Waals surface area contributed by atoms with Gasteiger partial charge in [0.25, 0.3) is 0 Å². The number of aromatic nitrogens is 1. The lowest BCUT2D eigenvalue weighted by Gasteiger charge is -2.40. The fourth-order valence-electron chi connectivity index (χ4n) is 6.74. The smallest absolute Gasteiger partial charge is 0.419 e.